The zero-order valence-corrected chi connectivity index (χ0v) is 9.61. The Morgan fingerprint density at radius 3 is 2.53 bits per heavy atom. The molecule has 15 heavy (non-hydrogen) atoms. The molecule has 0 heterocycles. The van der Waals surface area contributed by atoms with Gasteiger partial charge in [0.15, 0.2) is 0 Å². The zero-order valence-electron chi connectivity index (χ0n) is 9.61. The highest BCUT2D eigenvalue weighted by Crippen LogP contribution is 2.39. The summed E-state index contributed by atoms with van der Waals surface area (Å²) in [4.78, 5) is 14.2. The largest absolute Gasteiger partial charge is 0.337 e. The molecule has 0 radical (unpaired) electrons. The molecular weight excluding hydrogens is 188 g/mol. The summed E-state index contributed by atoms with van der Waals surface area (Å²) in [6, 6.07) is 1.04. The molecule has 0 aromatic rings. The topological polar surface area (TPSA) is 46.3 Å². The first kappa shape index (κ1) is 10.9. The fraction of sp³-hybridized carbons (Fsp3) is 0.917. The molecule has 0 spiro atoms. The fourth-order valence-electron chi connectivity index (χ4n) is 2.30. The summed E-state index contributed by atoms with van der Waals surface area (Å²) in [5.41, 5.74) is 5.45. The van der Waals surface area contributed by atoms with Gasteiger partial charge in [-0.1, -0.05) is 0 Å². The minimum absolute atomic E-state index is 0.336. The van der Waals surface area contributed by atoms with Gasteiger partial charge < -0.3 is 10.6 Å². The Hall–Kier alpha value is -0.570. The van der Waals surface area contributed by atoms with E-state index in [2.05, 4.69) is 11.8 Å². The molecule has 3 nitrogen and oxygen atoms in total. The number of hydrogen-bond donors (Lipinski definition) is 1. The summed E-state index contributed by atoms with van der Waals surface area (Å²) >= 11 is 0. The smallest absolute Gasteiger partial charge is 0.223 e. The van der Waals surface area contributed by atoms with Crippen LogP contribution in [0.4, 0.5) is 0 Å². The summed E-state index contributed by atoms with van der Waals surface area (Å²) < 4.78 is 0. The van der Waals surface area contributed by atoms with Gasteiger partial charge in [-0.2, -0.15) is 0 Å². The van der Waals surface area contributed by atoms with E-state index in [4.69, 9.17) is 5.73 Å². The molecule has 0 aromatic heterocycles. The van der Waals surface area contributed by atoms with E-state index in [1.54, 1.807) is 0 Å². The van der Waals surface area contributed by atoms with Crippen LogP contribution in [-0.2, 0) is 4.79 Å². The predicted octanol–water partition coefficient (Wildman–Crippen LogP) is 1.51. The third-order valence-corrected chi connectivity index (χ3v) is 3.57. The molecular formula is C12H22N2O. The third kappa shape index (κ3) is 2.71. The van der Waals surface area contributed by atoms with Gasteiger partial charge in [-0.3, -0.25) is 4.79 Å². The standard InChI is InChI=1S/C12H22N2O/c1-9(10-4-5-10)14(11-6-7-11)12(15)3-2-8-13/h9-11H,2-8,13H2,1H3. The van der Waals surface area contributed by atoms with E-state index in [-0.39, 0.29) is 0 Å². The molecule has 0 saturated heterocycles. The Kier molecular flexibility index (Phi) is 3.29. The Morgan fingerprint density at radius 2 is 2.07 bits per heavy atom. The van der Waals surface area contributed by atoms with Crippen molar-refractivity contribution in [3.8, 4) is 0 Å². The summed E-state index contributed by atoms with van der Waals surface area (Å²) in [7, 11) is 0. The molecule has 1 amide bonds. The van der Waals surface area contributed by atoms with Gasteiger partial charge in [0, 0.05) is 18.5 Å². The van der Waals surface area contributed by atoms with E-state index in [1.807, 2.05) is 0 Å². The second kappa shape index (κ2) is 4.52. The number of carbonyl (C=O) groups is 1. The molecule has 0 aromatic carbocycles. The van der Waals surface area contributed by atoms with Crippen LogP contribution in [0.1, 0.15) is 45.4 Å². The van der Waals surface area contributed by atoms with Crippen LogP contribution in [0, 0.1) is 5.92 Å². The summed E-state index contributed by atoms with van der Waals surface area (Å²) in [6.45, 7) is 2.85. The maximum atomic E-state index is 12.0. The minimum atomic E-state index is 0.336. The fourth-order valence-corrected chi connectivity index (χ4v) is 2.30. The maximum absolute atomic E-state index is 12.0. The van der Waals surface area contributed by atoms with E-state index in [9.17, 15) is 4.79 Å². The van der Waals surface area contributed by atoms with Crippen molar-refractivity contribution < 1.29 is 4.79 Å². The predicted molar refractivity (Wildman–Crippen MR) is 60.3 cm³/mol. The lowest BCUT2D eigenvalue weighted by molar-refractivity contribution is -0.134. The zero-order chi connectivity index (χ0) is 10.8. The lowest BCUT2D eigenvalue weighted by Gasteiger charge is -2.29. The number of carbonyl (C=O) groups excluding carboxylic acids is 1. The molecule has 0 aliphatic heterocycles. The van der Waals surface area contributed by atoms with Crippen LogP contribution in [0.25, 0.3) is 0 Å². The van der Waals surface area contributed by atoms with Gasteiger partial charge in [0.05, 0.1) is 0 Å². The lowest BCUT2D eigenvalue weighted by Crippen LogP contribution is -2.41. The van der Waals surface area contributed by atoms with Crippen LogP contribution in [-0.4, -0.2) is 29.4 Å². The van der Waals surface area contributed by atoms with Gasteiger partial charge in [-0.15, -0.1) is 0 Å². The number of hydrogen-bond acceptors (Lipinski definition) is 2. The second-order valence-electron chi connectivity index (χ2n) is 5.00. The first-order valence-electron chi connectivity index (χ1n) is 6.25. The van der Waals surface area contributed by atoms with Gasteiger partial charge in [0.2, 0.25) is 5.91 Å². The molecule has 2 aliphatic rings. The molecule has 2 N–H and O–H groups in total. The summed E-state index contributed by atoms with van der Waals surface area (Å²) in [6.07, 6.45) is 6.53. The van der Waals surface area contributed by atoms with Crippen LogP contribution in [0.5, 0.6) is 0 Å². The number of nitrogens with zero attached hydrogens (tertiary/aromatic N) is 1. The summed E-state index contributed by atoms with van der Waals surface area (Å²) in [5.74, 6) is 1.12. The third-order valence-electron chi connectivity index (χ3n) is 3.57. The van der Waals surface area contributed by atoms with Crippen LogP contribution < -0.4 is 5.73 Å². The van der Waals surface area contributed by atoms with Crippen molar-refractivity contribution in [2.24, 2.45) is 11.7 Å². The van der Waals surface area contributed by atoms with Gasteiger partial charge in [0.1, 0.15) is 0 Å². The molecule has 0 bridgehead atoms. The van der Waals surface area contributed by atoms with Gasteiger partial charge in [0.25, 0.3) is 0 Å². The lowest BCUT2D eigenvalue weighted by atomic mass is 10.1. The normalized spacial score (nSPS) is 22.5. The number of rotatable bonds is 6. The van der Waals surface area contributed by atoms with Crippen molar-refractivity contribution in [3.63, 3.8) is 0 Å². The molecule has 2 saturated carbocycles. The molecule has 2 rings (SSSR count). The Morgan fingerprint density at radius 1 is 1.40 bits per heavy atom. The average Bonchev–Trinajstić information content (AvgIpc) is 3.02. The van der Waals surface area contributed by atoms with Crippen molar-refractivity contribution in [2.75, 3.05) is 6.54 Å². The monoisotopic (exact) mass is 210 g/mol. The van der Waals surface area contributed by atoms with Crippen LogP contribution >= 0.6 is 0 Å². The van der Waals surface area contributed by atoms with E-state index >= 15 is 0 Å². The molecule has 1 atom stereocenters. The first-order chi connectivity index (χ1) is 7.24. The Bertz CT molecular complexity index is 234. The van der Waals surface area contributed by atoms with Crippen molar-refractivity contribution in [1.29, 1.82) is 0 Å². The quantitative estimate of drug-likeness (QED) is 0.722. The molecule has 86 valence electrons. The van der Waals surface area contributed by atoms with E-state index < -0.39 is 0 Å². The van der Waals surface area contributed by atoms with Gasteiger partial charge in [-0.05, 0) is 51.5 Å². The van der Waals surface area contributed by atoms with Crippen molar-refractivity contribution in [1.82, 2.24) is 4.90 Å². The highest BCUT2D eigenvalue weighted by molar-refractivity contribution is 5.77. The van der Waals surface area contributed by atoms with Crippen LogP contribution in [0.15, 0.2) is 0 Å². The van der Waals surface area contributed by atoms with Crippen molar-refractivity contribution in [3.05, 3.63) is 0 Å². The highest BCUT2D eigenvalue weighted by atomic mass is 16.2. The van der Waals surface area contributed by atoms with E-state index in [0.29, 0.717) is 31.0 Å². The Labute approximate surface area is 92.0 Å². The Balaban J connectivity index is 1.89. The van der Waals surface area contributed by atoms with Gasteiger partial charge in [-0.25, -0.2) is 0 Å². The summed E-state index contributed by atoms with van der Waals surface area (Å²) in [5, 5.41) is 0. The molecule has 2 fully saturated rings. The van der Waals surface area contributed by atoms with Crippen molar-refractivity contribution in [2.45, 2.75) is 57.5 Å². The average molecular weight is 210 g/mol. The van der Waals surface area contributed by atoms with E-state index in [0.717, 1.165) is 12.3 Å². The molecule has 3 heteroatoms. The van der Waals surface area contributed by atoms with E-state index in [1.165, 1.54) is 25.7 Å². The maximum Gasteiger partial charge on any atom is 0.223 e. The SMILES string of the molecule is CC(C1CC1)N(C(=O)CCCN)C1CC1. The van der Waals surface area contributed by atoms with Crippen LogP contribution in [0.2, 0.25) is 0 Å². The minimum Gasteiger partial charge on any atom is -0.337 e. The molecule has 1 unspecified atom stereocenters. The number of nitrogens with two attached hydrogens (primary N) is 1. The van der Waals surface area contributed by atoms with Crippen LogP contribution in [0.3, 0.4) is 0 Å². The first-order valence-corrected chi connectivity index (χ1v) is 6.25. The second-order valence-corrected chi connectivity index (χ2v) is 5.00. The van der Waals surface area contributed by atoms with Gasteiger partial charge >= 0.3 is 0 Å². The molecule has 2 aliphatic carbocycles. The van der Waals surface area contributed by atoms with Crippen molar-refractivity contribution >= 4 is 5.91 Å². The highest BCUT2D eigenvalue weighted by Gasteiger charge is 2.41. The number of amides is 1.